The van der Waals surface area contributed by atoms with Crippen molar-refractivity contribution in [1.82, 2.24) is 0 Å². The number of benzene rings is 3. The van der Waals surface area contributed by atoms with Crippen molar-refractivity contribution in [2.75, 3.05) is 0 Å². The second kappa shape index (κ2) is 13.7. The standard InChI is InChI=1S/C23H18F6N2O2S.CH3.ClH.Ru/c24-22(25,26)18-11-15(12-19(13-18)23(27,28)29)14-34(32,33)31-21(17-9-5-2-6-10-17)20(30)16-7-3-1-4-8-16;;;/h1-13,20-21,30H,14H2;1H3;1H;/q-2;-1;;+4/p-1. The van der Waals surface area contributed by atoms with E-state index in [1.54, 1.807) is 60.7 Å². The van der Waals surface area contributed by atoms with Gasteiger partial charge in [0.25, 0.3) is 0 Å². The summed E-state index contributed by atoms with van der Waals surface area (Å²) in [6.45, 7) is 0. The Balaban J connectivity index is 0.00000223. The molecule has 3 aromatic rings. The molecule has 13 heteroatoms. The third-order valence-electron chi connectivity index (χ3n) is 4.89. The molecule has 0 heterocycles. The molecule has 0 aliphatic carbocycles. The van der Waals surface area contributed by atoms with Gasteiger partial charge in [0.2, 0.25) is 0 Å². The van der Waals surface area contributed by atoms with E-state index in [1.165, 1.54) is 0 Å². The van der Waals surface area contributed by atoms with Gasteiger partial charge in [-0.2, -0.15) is 26.3 Å². The van der Waals surface area contributed by atoms with E-state index in [1.807, 2.05) is 17.3 Å². The second-order valence-corrected chi connectivity index (χ2v) is 9.15. The van der Waals surface area contributed by atoms with Crippen molar-refractivity contribution in [1.29, 1.82) is 0 Å². The van der Waals surface area contributed by atoms with Crippen molar-refractivity contribution < 1.29 is 52.1 Å². The predicted octanol–water partition coefficient (Wildman–Crippen LogP) is 8.60. The first-order chi connectivity index (χ1) is 16.8. The number of nitrogens with zero attached hydrogens (tertiary/aromatic N) is 1. The summed E-state index contributed by atoms with van der Waals surface area (Å²) in [4.78, 5) is 0. The maximum absolute atomic E-state index is 13.1. The van der Waals surface area contributed by atoms with E-state index in [0.29, 0.717) is 23.3 Å². The molecule has 202 valence electrons. The van der Waals surface area contributed by atoms with Crippen LogP contribution < -0.4 is 0 Å². The monoisotopic (exact) mass is 652 g/mol. The summed E-state index contributed by atoms with van der Waals surface area (Å²) < 4.78 is 108. The van der Waals surface area contributed by atoms with Crippen LogP contribution in [-0.4, -0.2) is 8.42 Å². The Bertz CT molecular complexity index is 1200. The molecule has 0 saturated carbocycles. The number of rotatable bonds is 7. The summed E-state index contributed by atoms with van der Waals surface area (Å²) in [7, 11) is -0.0203. The Morgan fingerprint density at radius 3 is 1.59 bits per heavy atom. The zero-order valence-electron chi connectivity index (χ0n) is 19.0. The molecule has 0 saturated heterocycles. The summed E-state index contributed by atoms with van der Waals surface area (Å²) in [5.41, 5.74) is 5.40. The van der Waals surface area contributed by atoms with Gasteiger partial charge in [-0.3, -0.25) is 0 Å². The number of nitrogens with one attached hydrogen (secondary N) is 1. The van der Waals surface area contributed by atoms with Gasteiger partial charge in [-0.15, -0.1) is 12.1 Å². The van der Waals surface area contributed by atoms with Gasteiger partial charge < -0.3 is 17.9 Å². The van der Waals surface area contributed by atoms with Gasteiger partial charge in [0, 0.05) is 0 Å². The van der Waals surface area contributed by atoms with E-state index in [4.69, 9.17) is 5.73 Å². The molecule has 0 spiro atoms. The average Bonchev–Trinajstić information content (AvgIpc) is 2.83. The summed E-state index contributed by atoms with van der Waals surface area (Å²) in [5, 5.41) is 0. The molecule has 3 aromatic carbocycles. The molecule has 1 N–H and O–H groups in total. The topological polar surface area (TPSA) is 72.0 Å². The van der Waals surface area contributed by atoms with E-state index >= 15 is 0 Å². The van der Waals surface area contributed by atoms with Gasteiger partial charge in [0.15, 0.2) is 0 Å². The molecule has 37 heavy (non-hydrogen) atoms. The fraction of sp³-hybridized carbons (Fsp3) is 0.208. The maximum Gasteiger partial charge on any atom is 0.416 e. The van der Waals surface area contributed by atoms with Crippen molar-refractivity contribution in [2.45, 2.75) is 30.2 Å². The summed E-state index contributed by atoms with van der Waals surface area (Å²) >= 11 is 1.82. The van der Waals surface area contributed by atoms with Crippen molar-refractivity contribution >= 4 is 19.7 Å². The van der Waals surface area contributed by atoms with Crippen LogP contribution >= 0.6 is 9.69 Å². The number of alkyl halides is 6. The van der Waals surface area contributed by atoms with E-state index in [-0.39, 0.29) is 13.5 Å². The van der Waals surface area contributed by atoms with Crippen molar-refractivity contribution in [3.63, 3.8) is 0 Å². The zero-order valence-corrected chi connectivity index (χ0v) is 22.3. The van der Waals surface area contributed by atoms with E-state index in [2.05, 4.69) is 14.4 Å². The Morgan fingerprint density at radius 2 is 1.19 bits per heavy atom. The molecule has 0 aromatic heterocycles. The molecular weight excluding hydrogens is 631 g/mol. The molecule has 0 fully saturated rings. The number of sulfonamides is 1. The van der Waals surface area contributed by atoms with Crippen LogP contribution in [0.3, 0.4) is 0 Å². The van der Waals surface area contributed by atoms with E-state index in [0.717, 1.165) is 0 Å². The quantitative estimate of drug-likeness (QED) is 0.146. The van der Waals surface area contributed by atoms with Crippen molar-refractivity contribution in [3.05, 3.63) is 125 Å². The van der Waals surface area contributed by atoms with Gasteiger partial charge in [0.1, 0.15) is 0 Å². The average molecular weight is 652 g/mol. The molecule has 0 amide bonds. The normalized spacial score (nSPS) is 13.5. The minimum absolute atomic E-state index is 0. The molecule has 0 radical (unpaired) electrons. The Morgan fingerprint density at radius 1 is 0.784 bits per heavy atom. The van der Waals surface area contributed by atoms with Crippen LogP contribution in [0.4, 0.5) is 26.3 Å². The molecule has 4 nitrogen and oxygen atoms in total. The minimum Gasteiger partial charge on any atom is -0.672 e. The molecule has 0 bridgehead atoms. The zero-order chi connectivity index (χ0) is 27.1. The summed E-state index contributed by atoms with van der Waals surface area (Å²) in [5.74, 6) is -1.19. The van der Waals surface area contributed by atoms with Crippen LogP contribution in [0.2, 0.25) is 0 Å². The van der Waals surface area contributed by atoms with Crippen LogP contribution in [0.5, 0.6) is 0 Å². The van der Waals surface area contributed by atoms with Crippen LogP contribution in [0.25, 0.3) is 10.5 Å². The smallest absolute Gasteiger partial charge is 0.416 e. The maximum atomic E-state index is 13.1. The van der Waals surface area contributed by atoms with Crippen molar-refractivity contribution in [3.8, 4) is 0 Å². The van der Waals surface area contributed by atoms with Crippen LogP contribution in [0, 0.1) is 7.43 Å². The minimum atomic E-state index is -5.11. The number of halogens is 7. The van der Waals surface area contributed by atoms with Crippen LogP contribution in [0.15, 0.2) is 78.9 Å². The third kappa shape index (κ3) is 9.68. The first-order valence-electron chi connectivity index (χ1n) is 9.94. The fourth-order valence-corrected chi connectivity index (χ4v) is 4.58. The van der Waals surface area contributed by atoms with Gasteiger partial charge in [-0.25, -0.2) is 8.42 Å². The molecule has 2 unspecified atom stereocenters. The molecular formula is C24H21ClF6N2O2RuS. The first-order valence-corrected chi connectivity index (χ1v) is 13.8. The Labute approximate surface area is 226 Å². The summed E-state index contributed by atoms with van der Waals surface area (Å²) in [6, 6.07) is 14.3. The SMILES string of the molecule is [CH3-].[Cl][Ru+3].[NH-]C(c1ccccc1)C([N-]S(=O)(=O)Cc1cc(C(F)(F)F)cc(C(F)(F)F)c1)c1ccccc1. The molecule has 3 rings (SSSR count). The predicted molar refractivity (Wildman–Crippen MR) is 127 cm³/mol. The van der Waals surface area contributed by atoms with Crippen LogP contribution in [-0.2, 0) is 45.4 Å². The molecule has 0 aliphatic heterocycles. The Kier molecular flexibility index (Phi) is 12.2. The number of hydrogen-bond acceptors (Lipinski definition) is 2. The third-order valence-corrected chi connectivity index (χ3v) is 6.13. The van der Waals surface area contributed by atoms with E-state index < -0.39 is 56.9 Å². The van der Waals surface area contributed by atoms with Crippen LogP contribution in [0.1, 0.15) is 39.9 Å². The van der Waals surface area contributed by atoms with Crippen molar-refractivity contribution in [2.24, 2.45) is 0 Å². The summed E-state index contributed by atoms with van der Waals surface area (Å²) in [6.07, 6.45) is -10.2. The first kappa shape index (κ1) is 33.1. The second-order valence-electron chi connectivity index (χ2n) is 7.49. The van der Waals surface area contributed by atoms with Gasteiger partial charge in [-0.05, 0) is 23.8 Å². The largest absolute Gasteiger partial charge is 0.672 e. The van der Waals surface area contributed by atoms with E-state index in [9.17, 15) is 34.8 Å². The molecule has 0 aliphatic rings. The number of hydrogen-bond donors (Lipinski definition) is 0. The Hall–Kier alpha value is -1.98. The van der Waals surface area contributed by atoms with Gasteiger partial charge in [-0.1, -0.05) is 71.8 Å². The van der Waals surface area contributed by atoms with Gasteiger partial charge in [0.05, 0.1) is 26.9 Å². The fourth-order valence-electron chi connectivity index (χ4n) is 3.33. The molecule has 2 atom stereocenters. The van der Waals surface area contributed by atoms with Gasteiger partial charge >= 0.3 is 39.4 Å².